The molecule has 0 aromatic rings. The van der Waals surface area contributed by atoms with Crippen molar-refractivity contribution < 1.29 is 0 Å². The summed E-state index contributed by atoms with van der Waals surface area (Å²) in [6.45, 7) is 3.65. The van der Waals surface area contributed by atoms with E-state index >= 15 is 0 Å². The van der Waals surface area contributed by atoms with Crippen LogP contribution in [0.4, 0.5) is 0 Å². The van der Waals surface area contributed by atoms with Crippen molar-refractivity contribution in [2.75, 3.05) is 6.54 Å². The van der Waals surface area contributed by atoms with Crippen LogP contribution < -0.4 is 10.6 Å². The van der Waals surface area contributed by atoms with Gasteiger partial charge in [-0.3, -0.25) is 0 Å². The van der Waals surface area contributed by atoms with Crippen molar-refractivity contribution in [1.29, 1.82) is 0 Å². The quantitative estimate of drug-likeness (QED) is 0.779. The van der Waals surface area contributed by atoms with Crippen LogP contribution >= 0.6 is 0 Å². The summed E-state index contributed by atoms with van der Waals surface area (Å²) >= 11 is 0. The number of hydrogen-bond donors (Lipinski definition) is 2. The second-order valence-electron chi connectivity index (χ2n) is 7.11. The fourth-order valence-electron chi connectivity index (χ4n) is 5.33. The van der Waals surface area contributed by atoms with E-state index in [0.717, 1.165) is 41.8 Å². The molecular weight excluding hydrogens is 208 g/mol. The van der Waals surface area contributed by atoms with Crippen molar-refractivity contribution in [3.63, 3.8) is 0 Å². The van der Waals surface area contributed by atoms with Crippen LogP contribution in [0.1, 0.15) is 45.4 Å². The number of hydrogen-bond acceptors (Lipinski definition) is 2. The lowest BCUT2D eigenvalue weighted by Gasteiger charge is -2.20. The summed E-state index contributed by atoms with van der Waals surface area (Å²) in [6, 6.07) is 2.44. The van der Waals surface area contributed by atoms with Crippen LogP contribution in [0.15, 0.2) is 0 Å². The van der Waals surface area contributed by atoms with E-state index in [-0.39, 0.29) is 0 Å². The number of fused-ring (bicyclic) bond motifs is 5. The summed E-state index contributed by atoms with van der Waals surface area (Å²) in [4.78, 5) is 0. The molecule has 3 saturated carbocycles. The van der Waals surface area contributed by atoms with Crippen molar-refractivity contribution in [3.05, 3.63) is 0 Å². The minimum Gasteiger partial charge on any atom is -0.314 e. The molecule has 2 heteroatoms. The van der Waals surface area contributed by atoms with Gasteiger partial charge in [-0.15, -0.1) is 0 Å². The highest BCUT2D eigenvalue weighted by Crippen LogP contribution is 2.65. The van der Waals surface area contributed by atoms with E-state index in [1.54, 1.807) is 19.3 Å². The molecule has 1 heterocycles. The molecule has 6 unspecified atom stereocenters. The predicted molar refractivity (Wildman–Crippen MR) is 69.8 cm³/mol. The standard InChI is InChI=1S/C15H26N2/c1-9(7-12-3-2-6-16-12)17-15-13-10-4-5-11(8-10)14(13)15/h9-17H,2-8H2,1H3. The molecule has 0 spiro atoms. The number of rotatable bonds is 4. The van der Waals surface area contributed by atoms with Gasteiger partial charge in [0.05, 0.1) is 0 Å². The van der Waals surface area contributed by atoms with Gasteiger partial charge in [0, 0.05) is 18.1 Å². The molecule has 4 aliphatic rings. The second-order valence-corrected chi connectivity index (χ2v) is 7.11. The molecule has 96 valence electrons. The molecule has 1 saturated heterocycles. The van der Waals surface area contributed by atoms with Gasteiger partial charge in [-0.25, -0.2) is 0 Å². The van der Waals surface area contributed by atoms with Crippen LogP contribution in [0.25, 0.3) is 0 Å². The summed E-state index contributed by atoms with van der Waals surface area (Å²) < 4.78 is 0. The first-order valence-corrected chi connectivity index (χ1v) is 7.82. The van der Waals surface area contributed by atoms with Crippen LogP contribution in [0.5, 0.6) is 0 Å². The van der Waals surface area contributed by atoms with Gasteiger partial charge in [0.1, 0.15) is 0 Å². The normalized spacial score (nSPS) is 52.8. The molecule has 17 heavy (non-hydrogen) atoms. The Balaban J connectivity index is 1.28. The van der Waals surface area contributed by atoms with Gasteiger partial charge in [-0.05, 0) is 75.7 Å². The van der Waals surface area contributed by atoms with Crippen molar-refractivity contribution in [2.45, 2.75) is 63.6 Å². The largest absolute Gasteiger partial charge is 0.314 e. The van der Waals surface area contributed by atoms with E-state index < -0.39 is 0 Å². The summed E-state index contributed by atoms with van der Waals surface area (Å²) in [6.07, 6.45) is 8.79. The van der Waals surface area contributed by atoms with Crippen LogP contribution in [-0.4, -0.2) is 24.7 Å². The highest BCUT2D eigenvalue weighted by Gasteiger charge is 2.64. The van der Waals surface area contributed by atoms with Crippen molar-refractivity contribution >= 4 is 0 Å². The minimum atomic E-state index is 0.723. The molecule has 0 aromatic carbocycles. The maximum Gasteiger partial charge on any atom is 0.0138 e. The first kappa shape index (κ1) is 10.8. The van der Waals surface area contributed by atoms with Crippen LogP contribution in [-0.2, 0) is 0 Å². The average molecular weight is 234 g/mol. The monoisotopic (exact) mass is 234 g/mol. The Morgan fingerprint density at radius 3 is 2.59 bits per heavy atom. The molecule has 0 radical (unpaired) electrons. The Morgan fingerprint density at radius 2 is 1.94 bits per heavy atom. The Morgan fingerprint density at radius 1 is 1.18 bits per heavy atom. The first-order chi connectivity index (χ1) is 8.33. The van der Waals surface area contributed by atoms with Crippen LogP contribution in [0, 0.1) is 23.7 Å². The average Bonchev–Trinajstić information content (AvgIpc) is 2.80. The fraction of sp³-hybridized carbons (Fsp3) is 1.00. The molecule has 2 N–H and O–H groups in total. The van der Waals surface area contributed by atoms with E-state index in [1.165, 1.54) is 25.8 Å². The molecule has 1 aliphatic heterocycles. The third-order valence-electron chi connectivity index (χ3n) is 6.01. The SMILES string of the molecule is CC(CC1CCCN1)NC1C2C3CCC(C3)C12. The Kier molecular flexibility index (Phi) is 2.52. The zero-order chi connectivity index (χ0) is 11.4. The summed E-state index contributed by atoms with van der Waals surface area (Å²) in [5.74, 6) is 4.40. The lowest BCUT2D eigenvalue weighted by Crippen LogP contribution is -2.37. The zero-order valence-electron chi connectivity index (χ0n) is 11.0. The lowest BCUT2D eigenvalue weighted by molar-refractivity contribution is 0.390. The third-order valence-corrected chi connectivity index (χ3v) is 6.01. The van der Waals surface area contributed by atoms with E-state index in [9.17, 15) is 0 Å². The number of nitrogens with one attached hydrogen (secondary N) is 2. The van der Waals surface area contributed by atoms with Gasteiger partial charge < -0.3 is 10.6 Å². The van der Waals surface area contributed by atoms with Gasteiger partial charge >= 0.3 is 0 Å². The smallest absolute Gasteiger partial charge is 0.0138 e. The minimum absolute atomic E-state index is 0.723. The summed E-state index contributed by atoms with van der Waals surface area (Å²) in [7, 11) is 0. The van der Waals surface area contributed by atoms with Crippen LogP contribution in [0.2, 0.25) is 0 Å². The molecule has 4 fully saturated rings. The van der Waals surface area contributed by atoms with Gasteiger partial charge in [0.15, 0.2) is 0 Å². The van der Waals surface area contributed by atoms with Gasteiger partial charge in [0.25, 0.3) is 0 Å². The van der Waals surface area contributed by atoms with Gasteiger partial charge in [0.2, 0.25) is 0 Å². The van der Waals surface area contributed by atoms with E-state index in [1.807, 2.05) is 0 Å². The zero-order valence-corrected chi connectivity index (χ0v) is 11.0. The summed E-state index contributed by atoms with van der Waals surface area (Å²) in [5.41, 5.74) is 0. The maximum atomic E-state index is 3.94. The van der Waals surface area contributed by atoms with Crippen molar-refractivity contribution in [2.24, 2.45) is 23.7 Å². The van der Waals surface area contributed by atoms with E-state index in [4.69, 9.17) is 0 Å². The third kappa shape index (κ3) is 1.76. The van der Waals surface area contributed by atoms with Gasteiger partial charge in [-0.1, -0.05) is 0 Å². The molecule has 6 atom stereocenters. The predicted octanol–water partition coefficient (Wildman–Crippen LogP) is 2.15. The molecule has 2 bridgehead atoms. The van der Waals surface area contributed by atoms with E-state index in [2.05, 4.69) is 17.6 Å². The molecule has 0 aromatic heterocycles. The van der Waals surface area contributed by atoms with Crippen LogP contribution in [0.3, 0.4) is 0 Å². The van der Waals surface area contributed by atoms with E-state index in [0.29, 0.717) is 0 Å². The lowest BCUT2D eigenvalue weighted by atomic mass is 10.0. The fourth-order valence-corrected chi connectivity index (χ4v) is 5.33. The Labute approximate surface area is 105 Å². The highest BCUT2D eigenvalue weighted by molar-refractivity contribution is 5.17. The summed E-state index contributed by atoms with van der Waals surface area (Å²) in [5, 5.41) is 7.57. The molecular formula is C15H26N2. The maximum absolute atomic E-state index is 3.94. The van der Waals surface area contributed by atoms with Crippen molar-refractivity contribution in [3.8, 4) is 0 Å². The highest BCUT2D eigenvalue weighted by atomic mass is 15.1. The Hall–Kier alpha value is -0.0800. The molecule has 0 amide bonds. The molecule has 3 aliphatic carbocycles. The van der Waals surface area contributed by atoms with Crippen molar-refractivity contribution in [1.82, 2.24) is 10.6 Å². The Bertz CT molecular complexity index is 281. The second kappa shape index (κ2) is 3.96. The molecule has 2 nitrogen and oxygen atoms in total. The van der Waals surface area contributed by atoms with Gasteiger partial charge in [-0.2, -0.15) is 0 Å². The molecule has 4 rings (SSSR count). The first-order valence-electron chi connectivity index (χ1n) is 7.82. The topological polar surface area (TPSA) is 24.1 Å².